The van der Waals surface area contributed by atoms with Gasteiger partial charge in [-0.05, 0) is 188 Å². The molecule has 0 N–H and O–H groups in total. The molecule has 13 rings (SSSR count). The quantitative estimate of drug-likeness (QED) is 0.137. The van der Waals surface area contributed by atoms with Gasteiger partial charge in [0.05, 0.1) is 40.1 Å². The summed E-state index contributed by atoms with van der Waals surface area (Å²) in [5.74, 6) is 0. The fourth-order valence-corrected chi connectivity index (χ4v) is 12.1. The first-order chi connectivity index (χ1) is 37.9. The van der Waals surface area contributed by atoms with Crippen molar-refractivity contribution in [2.24, 2.45) is 0 Å². The summed E-state index contributed by atoms with van der Waals surface area (Å²) < 4.78 is 0. The average molecular weight is 983 g/mol. The Kier molecular flexibility index (Phi) is 11.6. The number of nitriles is 2. The maximum absolute atomic E-state index is 9.71. The van der Waals surface area contributed by atoms with E-state index in [9.17, 15) is 10.5 Å². The maximum atomic E-state index is 9.71. The fraction of sp³-hybridized carbons (Fsp3) is 0.0411. The van der Waals surface area contributed by atoms with Crippen molar-refractivity contribution in [2.75, 3.05) is 9.80 Å². The first-order valence-electron chi connectivity index (χ1n) is 26.1. The average Bonchev–Trinajstić information content (AvgIpc) is 3.79. The van der Waals surface area contributed by atoms with Crippen LogP contribution in [0, 0.1) is 36.5 Å². The second-order valence-corrected chi connectivity index (χ2v) is 20.0. The molecule has 1 aliphatic rings. The molecule has 0 saturated heterocycles. The lowest BCUT2D eigenvalue weighted by Gasteiger charge is -2.34. The molecule has 12 aromatic rings. The van der Waals surface area contributed by atoms with Gasteiger partial charge in [0.25, 0.3) is 0 Å². The van der Waals surface area contributed by atoms with E-state index >= 15 is 0 Å². The topological polar surface area (TPSA) is 54.1 Å². The predicted molar refractivity (Wildman–Crippen MR) is 318 cm³/mol. The van der Waals surface area contributed by atoms with Gasteiger partial charge in [-0.3, -0.25) is 0 Å². The SMILES string of the molecule is Cc1cc(N(c2ccc(C#N)cc2)c2cccc3ccccc23)ccc1-c1ccc2c(c1)C(c1ccccc1)(c1ccccc1)c1cc(-c3ccc(N(c4ccc(C#N)cc4)c4cccc5ccccc45)cc3C)ccc1-2. The minimum absolute atomic E-state index is 0.626. The van der Waals surface area contributed by atoms with Crippen LogP contribution in [0.25, 0.3) is 54.9 Å². The third-order valence-corrected chi connectivity index (χ3v) is 15.6. The van der Waals surface area contributed by atoms with Crippen molar-refractivity contribution in [2.45, 2.75) is 19.3 Å². The molecule has 0 bridgehead atoms. The van der Waals surface area contributed by atoms with Crippen LogP contribution in [0.15, 0.2) is 267 Å². The van der Waals surface area contributed by atoms with Crippen molar-refractivity contribution < 1.29 is 0 Å². The fourth-order valence-electron chi connectivity index (χ4n) is 12.1. The normalized spacial score (nSPS) is 12.1. The largest absolute Gasteiger partial charge is 0.310 e. The first-order valence-corrected chi connectivity index (χ1v) is 26.1. The molecule has 0 spiro atoms. The second-order valence-electron chi connectivity index (χ2n) is 20.0. The highest BCUT2D eigenvalue weighted by Gasteiger charge is 2.46. The Labute approximate surface area is 449 Å². The van der Waals surface area contributed by atoms with E-state index in [4.69, 9.17) is 0 Å². The van der Waals surface area contributed by atoms with E-state index in [-0.39, 0.29) is 0 Å². The van der Waals surface area contributed by atoms with Crippen LogP contribution in [0.2, 0.25) is 0 Å². The Morgan fingerprint density at radius 3 is 1.09 bits per heavy atom. The van der Waals surface area contributed by atoms with E-state index in [1.54, 1.807) is 0 Å². The van der Waals surface area contributed by atoms with E-state index in [1.165, 1.54) is 33.4 Å². The standard InChI is InChI=1S/C73H50N4/c1-49-43-61(76(59-33-27-51(47-74)28-34-59)71-25-13-17-53-15-9-11-23-65(53)71)37-41-63(49)55-31-39-67-68-40-32-56(46-70(68)73(69(67)45-55,57-19-5-3-6-20-57)58-21-7-4-8-22-58)64-42-38-62(44-50(64)2)77(60-35-29-52(48-75)30-36-60)72-26-14-18-54-16-10-12-24-66(54)72/h3-46H,1-2H3. The molecule has 0 aromatic heterocycles. The number of rotatable bonds is 10. The molecule has 4 nitrogen and oxygen atoms in total. The summed E-state index contributed by atoms with van der Waals surface area (Å²) in [5, 5.41) is 24.0. The van der Waals surface area contributed by atoms with E-state index in [1.807, 2.05) is 48.5 Å². The van der Waals surface area contributed by atoms with Crippen LogP contribution in [0.1, 0.15) is 44.5 Å². The highest BCUT2D eigenvalue weighted by molar-refractivity contribution is 6.01. The summed E-state index contributed by atoms with van der Waals surface area (Å²) in [6, 6.07) is 100. The van der Waals surface area contributed by atoms with Gasteiger partial charge < -0.3 is 9.80 Å². The molecule has 1 aliphatic carbocycles. The zero-order valence-electron chi connectivity index (χ0n) is 42.7. The molecule has 0 fully saturated rings. The molecular formula is C73H50N4. The van der Waals surface area contributed by atoms with Gasteiger partial charge in [-0.2, -0.15) is 10.5 Å². The van der Waals surface area contributed by atoms with Crippen LogP contribution in [0.4, 0.5) is 34.1 Å². The third-order valence-electron chi connectivity index (χ3n) is 15.6. The lowest BCUT2D eigenvalue weighted by Crippen LogP contribution is -2.28. The zero-order chi connectivity index (χ0) is 52.0. The molecule has 0 radical (unpaired) electrons. The number of benzene rings is 12. The van der Waals surface area contributed by atoms with E-state index in [0.29, 0.717) is 11.1 Å². The molecule has 0 heterocycles. The Bertz CT molecular complexity index is 4030. The monoisotopic (exact) mass is 982 g/mol. The molecule has 4 heteroatoms. The number of aryl methyl sites for hydroxylation is 2. The Hall–Kier alpha value is -10.3. The smallest absolute Gasteiger partial charge is 0.0991 e. The van der Waals surface area contributed by atoms with Crippen molar-refractivity contribution in [3.63, 3.8) is 0 Å². The van der Waals surface area contributed by atoms with E-state index in [2.05, 4.69) is 254 Å². The van der Waals surface area contributed by atoms with Gasteiger partial charge in [0.2, 0.25) is 0 Å². The van der Waals surface area contributed by atoms with Crippen molar-refractivity contribution >= 4 is 55.7 Å². The molecule has 0 unspecified atom stereocenters. The Balaban J connectivity index is 0.941. The first kappa shape index (κ1) is 46.5. The molecule has 0 aliphatic heterocycles. The highest BCUT2D eigenvalue weighted by Crippen LogP contribution is 2.58. The second kappa shape index (κ2) is 19.2. The molecule has 0 saturated carbocycles. The van der Waals surface area contributed by atoms with Gasteiger partial charge in [0, 0.05) is 33.5 Å². The van der Waals surface area contributed by atoms with Crippen molar-refractivity contribution in [3.05, 3.63) is 311 Å². The molecule has 0 amide bonds. The summed E-state index contributed by atoms with van der Waals surface area (Å²) in [6.45, 7) is 4.43. The van der Waals surface area contributed by atoms with Crippen LogP contribution in [-0.2, 0) is 5.41 Å². The molecule has 362 valence electrons. The lowest BCUT2D eigenvalue weighted by molar-refractivity contribution is 0.769. The molecule has 12 aromatic carbocycles. The van der Waals surface area contributed by atoms with Crippen LogP contribution in [0.5, 0.6) is 0 Å². The number of fused-ring (bicyclic) bond motifs is 5. The van der Waals surface area contributed by atoms with Crippen molar-refractivity contribution in [1.82, 2.24) is 0 Å². The van der Waals surface area contributed by atoms with Crippen LogP contribution in [0.3, 0.4) is 0 Å². The highest BCUT2D eigenvalue weighted by atomic mass is 15.1. The zero-order valence-corrected chi connectivity index (χ0v) is 42.7. The Morgan fingerprint density at radius 1 is 0.325 bits per heavy atom. The van der Waals surface area contributed by atoms with Crippen LogP contribution < -0.4 is 9.80 Å². The van der Waals surface area contributed by atoms with Gasteiger partial charge in [0.1, 0.15) is 0 Å². The molecule has 77 heavy (non-hydrogen) atoms. The van der Waals surface area contributed by atoms with Gasteiger partial charge in [-0.25, -0.2) is 0 Å². The summed E-state index contributed by atoms with van der Waals surface area (Å²) in [4.78, 5) is 4.61. The number of nitrogens with zero attached hydrogens (tertiary/aromatic N) is 4. The Morgan fingerprint density at radius 2 is 0.688 bits per heavy atom. The minimum Gasteiger partial charge on any atom is -0.310 e. The van der Waals surface area contributed by atoms with E-state index < -0.39 is 5.41 Å². The molecular weight excluding hydrogens is 933 g/mol. The van der Waals surface area contributed by atoms with Gasteiger partial charge in [-0.1, -0.05) is 170 Å². The minimum atomic E-state index is -0.637. The summed E-state index contributed by atoms with van der Waals surface area (Å²) >= 11 is 0. The number of hydrogen-bond acceptors (Lipinski definition) is 4. The lowest BCUT2D eigenvalue weighted by atomic mass is 9.67. The number of hydrogen-bond donors (Lipinski definition) is 0. The summed E-state index contributed by atoms with van der Waals surface area (Å²) in [7, 11) is 0. The summed E-state index contributed by atoms with van der Waals surface area (Å²) in [6.07, 6.45) is 0. The predicted octanol–water partition coefficient (Wildman–Crippen LogP) is 19.0. The van der Waals surface area contributed by atoms with Gasteiger partial charge in [-0.15, -0.1) is 0 Å². The number of anilines is 6. The van der Waals surface area contributed by atoms with Gasteiger partial charge in [0.15, 0.2) is 0 Å². The molecule has 0 atom stereocenters. The van der Waals surface area contributed by atoms with Crippen LogP contribution >= 0.6 is 0 Å². The van der Waals surface area contributed by atoms with Crippen molar-refractivity contribution in [1.29, 1.82) is 10.5 Å². The van der Waals surface area contributed by atoms with E-state index in [0.717, 1.165) is 89.0 Å². The summed E-state index contributed by atoms with van der Waals surface area (Å²) in [5.41, 5.74) is 21.1. The van der Waals surface area contributed by atoms with Crippen LogP contribution in [-0.4, -0.2) is 0 Å². The van der Waals surface area contributed by atoms with Gasteiger partial charge >= 0.3 is 0 Å². The van der Waals surface area contributed by atoms with Crippen molar-refractivity contribution in [3.8, 4) is 45.5 Å². The maximum Gasteiger partial charge on any atom is 0.0991 e. The third kappa shape index (κ3) is 7.91.